The maximum atomic E-state index is 14.9. The van der Waals surface area contributed by atoms with Crippen LogP contribution in [0.5, 0.6) is 5.75 Å². The fourth-order valence-electron chi connectivity index (χ4n) is 8.73. The molecule has 25 nitrogen and oxygen atoms in total. The third-order valence-electron chi connectivity index (χ3n) is 13.1. The van der Waals surface area contributed by atoms with Gasteiger partial charge in [0.25, 0.3) is 0 Å². The SMILES string of the molecule is CC[C@H](C)C1NC(=O)CNC(=O)C2Cc3c([nH]c4cc(OCCCCCCNC)ccc34)[S@+]([O-])C[C@H](NC(=O)CNC1=O)C(=O)N[C@@H](CC(N)=O)C(=O)N1C[C@H](O)C[C@H]1C(=O)NC(C(C)[C@@H](O)CO)C(=O)N2. The molecule has 0 aliphatic carbocycles. The van der Waals surface area contributed by atoms with E-state index in [0.29, 0.717) is 29.7 Å². The van der Waals surface area contributed by atoms with Crippen molar-refractivity contribution in [3.63, 3.8) is 0 Å². The van der Waals surface area contributed by atoms with Gasteiger partial charge in [0.1, 0.15) is 41.7 Å². The minimum absolute atomic E-state index is 0.0944. The summed E-state index contributed by atoms with van der Waals surface area (Å²) >= 11 is -2.36. The first-order valence-electron chi connectivity index (χ1n) is 24.2. The Kier molecular flexibility index (Phi) is 21.0. The number of nitrogens with zero attached hydrogens (tertiary/aromatic N) is 1. The van der Waals surface area contributed by atoms with E-state index in [9.17, 15) is 63.0 Å². The topological polar surface area (TPSA) is 388 Å². The minimum Gasteiger partial charge on any atom is -0.610 e. The molecule has 26 heteroatoms. The van der Waals surface area contributed by atoms with E-state index in [1.807, 2.05) is 7.05 Å². The van der Waals surface area contributed by atoms with E-state index in [1.54, 1.807) is 32.0 Å². The van der Waals surface area contributed by atoms with Crippen molar-refractivity contribution in [3.8, 4) is 5.75 Å². The predicted octanol–water partition coefficient (Wildman–Crippen LogP) is -4.47. The number of aromatic amines is 1. The number of unbranched alkanes of at least 4 members (excludes halogenated alkanes) is 3. The van der Waals surface area contributed by atoms with Crippen LogP contribution in [0.25, 0.3) is 10.9 Å². The van der Waals surface area contributed by atoms with E-state index in [0.717, 1.165) is 37.1 Å². The maximum Gasteiger partial charge on any atom is 0.248 e. The van der Waals surface area contributed by atoms with Gasteiger partial charge in [-0.3, -0.25) is 43.2 Å². The zero-order valence-electron chi connectivity index (χ0n) is 40.9. The zero-order valence-corrected chi connectivity index (χ0v) is 41.7. The molecule has 4 unspecified atom stereocenters. The average molecular weight is 1030 g/mol. The third-order valence-corrected chi connectivity index (χ3v) is 14.5. The normalized spacial score (nSPS) is 26.6. The number of carbonyl (C=O) groups is 9. The average Bonchev–Trinajstić information content (AvgIpc) is 3.92. The minimum atomic E-state index is -2.36. The summed E-state index contributed by atoms with van der Waals surface area (Å²) in [4.78, 5) is 129. The van der Waals surface area contributed by atoms with E-state index in [4.69, 9.17) is 10.5 Å². The van der Waals surface area contributed by atoms with Crippen LogP contribution in [0.2, 0.25) is 0 Å². The Bertz CT molecular complexity index is 2300. The van der Waals surface area contributed by atoms with Gasteiger partial charge in [-0.15, -0.1) is 0 Å². The number of nitrogens with one attached hydrogen (secondary N) is 9. The van der Waals surface area contributed by atoms with Gasteiger partial charge < -0.3 is 82.8 Å². The largest absolute Gasteiger partial charge is 0.610 e. The number of aromatic nitrogens is 1. The molecule has 2 bridgehead atoms. The van der Waals surface area contributed by atoms with Gasteiger partial charge >= 0.3 is 0 Å². The molecule has 0 radical (unpaired) electrons. The number of primary amides is 1. The van der Waals surface area contributed by atoms with Crippen LogP contribution in [0, 0.1) is 11.8 Å². The molecule has 4 heterocycles. The van der Waals surface area contributed by atoms with Crippen LogP contribution in [0.15, 0.2) is 23.2 Å². The Morgan fingerprint density at radius 1 is 0.889 bits per heavy atom. The second-order valence-electron chi connectivity index (χ2n) is 18.5. The molecule has 0 spiro atoms. The van der Waals surface area contributed by atoms with Crippen LogP contribution in [0.1, 0.15) is 71.3 Å². The molecule has 3 aliphatic rings. The van der Waals surface area contributed by atoms with Crippen molar-refractivity contribution in [3.05, 3.63) is 23.8 Å². The van der Waals surface area contributed by atoms with Crippen LogP contribution in [-0.4, -0.2) is 184 Å². The molecule has 0 saturated carbocycles. The molecule has 72 heavy (non-hydrogen) atoms. The van der Waals surface area contributed by atoms with Crippen molar-refractivity contribution in [1.82, 2.24) is 52.4 Å². The van der Waals surface area contributed by atoms with Gasteiger partial charge in [0.05, 0.1) is 50.4 Å². The molecule has 1 aromatic heterocycles. The zero-order chi connectivity index (χ0) is 52.8. The Morgan fingerprint density at radius 3 is 2.26 bits per heavy atom. The number of fused-ring (bicyclic) bond motifs is 5. The molecule has 2 aromatic rings. The lowest BCUT2D eigenvalue weighted by molar-refractivity contribution is -0.144. The molecule has 5 rings (SSSR count). The molecular weight excluding hydrogens is 963 g/mol. The number of aliphatic hydroxyl groups is 3. The van der Waals surface area contributed by atoms with Crippen LogP contribution < -0.4 is 53.0 Å². The van der Waals surface area contributed by atoms with Gasteiger partial charge in [-0.1, -0.05) is 40.0 Å². The monoisotopic (exact) mass is 1030 g/mol. The highest BCUT2D eigenvalue weighted by Crippen LogP contribution is 2.32. The molecule has 1 fully saturated rings. The summed E-state index contributed by atoms with van der Waals surface area (Å²) in [5, 5.41) is 52.4. The first-order valence-corrected chi connectivity index (χ1v) is 25.5. The van der Waals surface area contributed by atoms with Gasteiger partial charge in [-0.2, -0.15) is 0 Å². The highest BCUT2D eigenvalue weighted by Gasteiger charge is 2.45. The van der Waals surface area contributed by atoms with E-state index in [-0.39, 0.29) is 10.6 Å². The van der Waals surface area contributed by atoms with Crippen molar-refractivity contribution in [2.24, 2.45) is 17.6 Å². The first-order chi connectivity index (χ1) is 34.3. The molecular formula is C46H69N11O14S. The summed E-state index contributed by atoms with van der Waals surface area (Å²) in [6.07, 6.45) is -0.698. The summed E-state index contributed by atoms with van der Waals surface area (Å²) in [6.45, 7) is 3.11. The van der Waals surface area contributed by atoms with Crippen LogP contribution in [0.3, 0.4) is 0 Å². The first kappa shape index (κ1) is 56.8. The number of hydrogen-bond acceptors (Lipinski definition) is 15. The fourth-order valence-corrected chi connectivity index (χ4v) is 10.1. The quantitative estimate of drug-likeness (QED) is 0.0591. The van der Waals surface area contributed by atoms with Crippen molar-refractivity contribution >= 4 is 75.2 Å². The molecule has 3 aliphatic heterocycles. The second kappa shape index (κ2) is 26.6. The van der Waals surface area contributed by atoms with Crippen LogP contribution in [0.4, 0.5) is 0 Å². The lowest BCUT2D eigenvalue weighted by atomic mass is 9.93. The standard InChI is InChI=1S/C46H69N11O14S/c1-5-23(2)38-43(67)50-18-36(62)51-32-22-72(70)45-28(27-11-10-26(15-29(27)54-45)71-13-9-7-6-8-12-48-4)16-30(40(64)49-19-37(63)55-38)52-44(68)39(24(3)34(60)21-58)56-42(66)33-14-25(59)20-57(33)46(69)31(17-35(47)61)53-41(32)65/h10-11,15,23-25,30-34,38-39,48,54,58-60H,5-9,12-14,16-22H2,1-4H3,(H2,47,61)(H,49,64)(H,50,67)(H,51,62)(H,52,68)(H,53,65)(H,55,63)(H,56,66)/t23-,24?,25+,30?,31-,32-,33-,34-,38?,39?,72+/m0/s1. The van der Waals surface area contributed by atoms with Gasteiger partial charge in [0, 0.05) is 53.5 Å². The second-order valence-corrected chi connectivity index (χ2v) is 19.9. The van der Waals surface area contributed by atoms with Crippen molar-refractivity contribution in [1.29, 1.82) is 0 Å². The summed E-state index contributed by atoms with van der Waals surface area (Å²) in [7, 11) is 1.88. The van der Waals surface area contributed by atoms with Crippen molar-refractivity contribution in [2.45, 2.75) is 126 Å². The van der Waals surface area contributed by atoms with Crippen molar-refractivity contribution < 1.29 is 67.8 Å². The number of amides is 9. The Hall–Kier alpha value is -6.06. The predicted molar refractivity (Wildman–Crippen MR) is 258 cm³/mol. The highest BCUT2D eigenvalue weighted by atomic mass is 32.2. The van der Waals surface area contributed by atoms with Crippen molar-refractivity contribution in [2.75, 3.05) is 52.2 Å². The Balaban J connectivity index is 1.70. The molecule has 9 amide bonds. The van der Waals surface area contributed by atoms with E-state index in [1.165, 1.54) is 6.92 Å². The third kappa shape index (κ3) is 15.0. The van der Waals surface area contributed by atoms with Crippen LogP contribution in [-0.2, 0) is 60.7 Å². The van der Waals surface area contributed by atoms with Gasteiger partial charge in [-0.05, 0) is 44.5 Å². The number of H-pyrrole nitrogens is 1. The summed E-state index contributed by atoms with van der Waals surface area (Å²) in [5.74, 6) is -11.2. The maximum absolute atomic E-state index is 14.9. The number of benzene rings is 1. The number of rotatable bonds is 15. The summed E-state index contributed by atoms with van der Waals surface area (Å²) in [6, 6.07) is -4.98. The number of carbonyl (C=O) groups excluding carboxylic acids is 9. The van der Waals surface area contributed by atoms with Crippen LogP contribution >= 0.6 is 0 Å². The molecule has 398 valence electrons. The number of ether oxygens (including phenoxy) is 1. The fraction of sp³-hybridized carbons (Fsp3) is 0.630. The lowest BCUT2D eigenvalue weighted by Crippen LogP contribution is -2.62. The van der Waals surface area contributed by atoms with Gasteiger partial charge in [0.2, 0.25) is 58.2 Å². The number of aliphatic hydroxyl groups excluding tert-OH is 3. The molecule has 11 atom stereocenters. The highest BCUT2D eigenvalue weighted by molar-refractivity contribution is 7.91. The molecule has 14 N–H and O–H groups in total. The van der Waals surface area contributed by atoms with E-state index in [2.05, 4.69) is 47.5 Å². The van der Waals surface area contributed by atoms with E-state index >= 15 is 0 Å². The number of hydrogen-bond donors (Lipinski definition) is 13. The molecule has 1 aromatic carbocycles. The lowest BCUT2D eigenvalue weighted by Gasteiger charge is -2.32. The number of nitrogens with two attached hydrogens (primary N) is 1. The van der Waals surface area contributed by atoms with E-state index < -0.39 is 176 Å². The Labute approximate surface area is 419 Å². The summed E-state index contributed by atoms with van der Waals surface area (Å²) in [5.41, 5.74) is 6.03. The Morgan fingerprint density at radius 2 is 1.58 bits per heavy atom. The molecule has 1 saturated heterocycles. The van der Waals surface area contributed by atoms with Gasteiger partial charge in [0.15, 0.2) is 6.04 Å². The summed E-state index contributed by atoms with van der Waals surface area (Å²) < 4.78 is 21.0. The smallest absolute Gasteiger partial charge is 0.248 e. The van der Waals surface area contributed by atoms with Gasteiger partial charge in [-0.25, -0.2) is 0 Å².